The fraction of sp³-hybridized carbons (Fsp3) is 0.214. The Labute approximate surface area is 138 Å². The molecule has 2 N–H and O–H groups in total. The van der Waals surface area contributed by atoms with Gasteiger partial charge in [0.15, 0.2) is 5.75 Å². The number of nitriles is 1. The highest BCUT2D eigenvalue weighted by Crippen LogP contribution is 2.33. The molecule has 1 aromatic rings. The molecular weight excluding hydrogens is 322 g/mol. The number of ether oxygens (including phenoxy) is 1. The number of rotatable bonds is 3. The summed E-state index contributed by atoms with van der Waals surface area (Å²) in [5, 5.41) is 22.2. The molecule has 2 rings (SSSR count). The molecule has 1 aliphatic rings. The molecule has 5 nitrogen and oxygen atoms in total. The lowest BCUT2D eigenvalue weighted by molar-refractivity contribution is -0.109. The SMILES string of the molecule is COc1c(Cl)cccc1NC(=S)C1=C(O)CCB(C#N)C1=O. The molecule has 0 aromatic heterocycles. The molecule has 112 valence electrons. The summed E-state index contributed by atoms with van der Waals surface area (Å²) in [6.45, 7) is -0.785. The van der Waals surface area contributed by atoms with Crippen molar-refractivity contribution >= 4 is 46.9 Å². The zero-order valence-corrected chi connectivity index (χ0v) is 13.3. The van der Waals surface area contributed by atoms with E-state index in [4.69, 9.17) is 33.8 Å². The van der Waals surface area contributed by atoms with Crippen molar-refractivity contribution in [1.29, 1.82) is 5.26 Å². The first kappa shape index (κ1) is 16.3. The maximum absolute atomic E-state index is 12.2. The molecule has 8 heteroatoms. The van der Waals surface area contributed by atoms with Crippen molar-refractivity contribution in [3.63, 3.8) is 0 Å². The van der Waals surface area contributed by atoms with Crippen LogP contribution in [0.2, 0.25) is 11.3 Å². The summed E-state index contributed by atoms with van der Waals surface area (Å²) < 4.78 is 5.19. The summed E-state index contributed by atoms with van der Waals surface area (Å²) in [6, 6.07) is 5.04. The van der Waals surface area contributed by atoms with Gasteiger partial charge in [0.1, 0.15) is 16.4 Å². The average Bonchev–Trinajstić information content (AvgIpc) is 2.47. The summed E-state index contributed by atoms with van der Waals surface area (Å²) in [4.78, 5) is 12.2. The van der Waals surface area contributed by atoms with Crippen LogP contribution < -0.4 is 10.1 Å². The monoisotopic (exact) mass is 334 g/mol. The van der Waals surface area contributed by atoms with Gasteiger partial charge >= 0.3 is 6.71 Å². The summed E-state index contributed by atoms with van der Waals surface area (Å²) >= 11 is 11.2. The molecule has 0 bridgehead atoms. The summed E-state index contributed by atoms with van der Waals surface area (Å²) in [5.74, 6) is 2.21. The predicted octanol–water partition coefficient (Wildman–Crippen LogP) is 2.97. The zero-order valence-electron chi connectivity index (χ0n) is 11.7. The van der Waals surface area contributed by atoms with Gasteiger partial charge in [-0.15, -0.1) is 0 Å². The zero-order chi connectivity index (χ0) is 16.3. The first-order valence-electron chi connectivity index (χ1n) is 6.49. The van der Waals surface area contributed by atoms with Crippen LogP contribution >= 0.6 is 23.8 Å². The number of benzene rings is 1. The van der Waals surface area contributed by atoms with Gasteiger partial charge in [0.25, 0.3) is 0 Å². The molecule has 0 saturated heterocycles. The second-order valence-corrected chi connectivity index (χ2v) is 5.50. The van der Waals surface area contributed by atoms with Gasteiger partial charge in [0, 0.05) is 12.4 Å². The molecule has 1 aliphatic heterocycles. The third-order valence-corrected chi connectivity index (χ3v) is 3.93. The largest absolute Gasteiger partial charge is 0.512 e. The van der Waals surface area contributed by atoms with Crippen molar-refractivity contribution in [2.45, 2.75) is 12.7 Å². The van der Waals surface area contributed by atoms with E-state index in [1.807, 2.05) is 5.97 Å². The van der Waals surface area contributed by atoms with Gasteiger partial charge < -0.3 is 20.0 Å². The number of halogens is 1. The quantitative estimate of drug-likeness (QED) is 0.653. The van der Waals surface area contributed by atoms with Crippen LogP contribution in [0.4, 0.5) is 5.69 Å². The van der Waals surface area contributed by atoms with Crippen LogP contribution in [0.15, 0.2) is 29.5 Å². The highest BCUT2D eigenvalue weighted by molar-refractivity contribution is 7.81. The number of carbonyl (C=O) groups excluding carboxylic acids is 1. The Morgan fingerprint density at radius 3 is 2.95 bits per heavy atom. The minimum Gasteiger partial charge on any atom is -0.512 e. The lowest BCUT2D eigenvalue weighted by Crippen LogP contribution is -2.35. The van der Waals surface area contributed by atoms with Crippen LogP contribution in [0.25, 0.3) is 0 Å². The van der Waals surface area contributed by atoms with Crippen LogP contribution in [0.5, 0.6) is 5.75 Å². The Morgan fingerprint density at radius 2 is 2.32 bits per heavy atom. The number of methoxy groups -OCH3 is 1. The van der Waals surface area contributed by atoms with Crippen LogP contribution in [-0.2, 0) is 4.79 Å². The number of hydrogen-bond donors (Lipinski definition) is 2. The van der Waals surface area contributed by atoms with Crippen molar-refractivity contribution in [3.05, 3.63) is 34.6 Å². The van der Waals surface area contributed by atoms with Gasteiger partial charge in [-0.3, -0.25) is 0 Å². The van der Waals surface area contributed by atoms with E-state index in [1.54, 1.807) is 18.2 Å². The molecule has 22 heavy (non-hydrogen) atoms. The molecule has 0 amide bonds. The number of anilines is 1. The maximum atomic E-state index is 12.2. The number of para-hydroxylation sites is 1. The van der Waals surface area contributed by atoms with E-state index in [2.05, 4.69) is 5.32 Å². The number of carbonyl (C=O) groups is 1. The molecule has 0 fully saturated rings. The molecule has 0 atom stereocenters. The first-order chi connectivity index (χ1) is 10.5. The van der Waals surface area contributed by atoms with Crippen molar-refractivity contribution in [2.24, 2.45) is 0 Å². The van der Waals surface area contributed by atoms with Gasteiger partial charge in [0.05, 0.1) is 23.4 Å². The topological polar surface area (TPSA) is 82.3 Å². The Balaban J connectivity index is 2.32. The van der Waals surface area contributed by atoms with E-state index >= 15 is 0 Å². The van der Waals surface area contributed by atoms with Gasteiger partial charge in [-0.25, -0.2) is 5.26 Å². The number of hydrogen-bond acceptors (Lipinski definition) is 5. The lowest BCUT2D eigenvalue weighted by atomic mass is 9.41. The average molecular weight is 335 g/mol. The molecule has 1 heterocycles. The van der Waals surface area contributed by atoms with E-state index in [1.165, 1.54) is 7.11 Å². The summed E-state index contributed by atoms with van der Waals surface area (Å²) in [6.07, 6.45) is 0.543. The lowest BCUT2D eigenvalue weighted by Gasteiger charge is -2.19. The third-order valence-electron chi connectivity index (χ3n) is 3.32. The molecule has 0 unspecified atom stereocenters. The fourth-order valence-electron chi connectivity index (χ4n) is 2.22. The third kappa shape index (κ3) is 3.08. The number of nitrogens with one attached hydrogen (secondary N) is 1. The van der Waals surface area contributed by atoms with Gasteiger partial charge in [-0.2, -0.15) is 0 Å². The number of aliphatic hydroxyl groups is 1. The first-order valence-corrected chi connectivity index (χ1v) is 7.28. The number of thiocarbonyl (C=S) groups is 1. The number of nitrogens with zero attached hydrogens (tertiary/aromatic N) is 1. The van der Waals surface area contributed by atoms with Crippen molar-refractivity contribution in [2.75, 3.05) is 12.4 Å². The summed E-state index contributed by atoms with van der Waals surface area (Å²) in [5.41, 5.74) is -0.00763. The second kappa shape index (κ2) is 6.82. The molecule has 0 spiro atoms. The molecule has 0 radical (unpaired) electrons. The van der Waals surface area contributed by atoms with Crippen LogP contribution in [-0.4, -0.2) is 29.6 Å². The van der Waals surface area contributed by atoms with Gasteiger partial charge in [-0.05, 0) is 18.5 Å². The molecule has 0 saturated carbocycles. The predicted molar refractivity (Wildman–Crippen MR) is 89.7 cm³/mol. The Morgan fingerprint density at radius 1 is 1.59 bits per heavy atom. The van der Waals surface area contributed by atoms with E-state index < -0.39 is 12.4 Å². The van der Waals surface area contributed by atoms with Crippen molar-refractivity contribution in [3.8, 4) is 11.7 Å². The minimum absolute atomic E-state index is 0.0187. The van der Waals surface area contributed by atoms with Gasteiger partial charge in [-0.1, -0.05) is 29.9 Å². The van der Waals surface area contributed by atoms with E-state index in [-0.39, 0.29) is 22.7 Å². The minimum atomic E-state index is -0.785. The normalized spacial score (nSPS) is 14.6. The Hall–Kier alpha value is -2.04. The fourth-order valence-corrected chi connectivity index (χ4v) is 2.80. The molecule has 0 aliphatic carbocycles. The Kier molecular flexibility index (Phi) is 5.06. The Bertz CT molecular complexity index is 715. The van der Waals surface area contributed by atoms with Crippen LogP contribution in [0.1, 0.15) is 6.42 Å². The van der Waals surface area contributed by atoms with Crippen molar-refractivity contribution < 1.29 is 14.6 Å². The highest BCUT2D eigenvalue weighted by atomic mass is 35.5. The maximum Gasteiger partial charge on any atom is 0.351 e. The second-order valence-electron chi connectivity index (χ2n) is 4.68. The van der Waals surface area contributed by atoms with E-state index in [0.29, 0.717) is 22.8 Å². The molecule has 1 aromatic carbocycles. The van der Waals surface area contributed by atoms with Crippen LogP contribution in [0.3, 0.4) is 0 Å². The van der Waals surface area contributed by atoms with Crippen LogP contribution in [0, 0.1) is 11.2 Å². The van der Waals surface area contributed by atoms with E-state index in [0.717, 1.165) is 0 Å². The number of allylic oxidation sites excluding steroid dienone is 1. The summed E-state index contributed by atoms with van der Waals surface area (Å²) in [7, 11) is 1.46. The standard InChI is InChI=1S/C14H12BClN2O3S/c1-21-12-8(16)3-2-4-9(12)18-14(22)11-10(19)5-6-15(7-17)13(11)20/h2-4,19H,5-6H2,1H3,(H,18,22). The number of aliphatic hydroxyl groups excluding tert-OH is 1. The van der Waals surface area contributed by atoms with Gasteiger partial charge in [0.2, 0.25) is 0 Å². The highest BCUT2D eigenvalue weighted by Gasteiger charge is 2.35. The smallest absolute Gasteiger partial charge is 0.351 e. The molecular formula is C14H12BClN2O3S. The van der Waals surface area contributed by atoms with Crippen molar-refractivity contribution in [1.82, 2.24) is 0 Å². The van der Waals surface area contributed by atoms with E-state index in [9.17, 15) is 9.90 Å².